The lowest BCUT2D eigenvalue weighted by Crippen LogP contribution is -2.28. The Bertz CT molecular complexity index is 961. The molecule has 1 unspecified atom stereocenters. The zero-order valence-electron chi connectivity index (χ0n) is 16.0. The second-order valence-corrected chi connectivity index (χ2v) is 7.95. The van der Waals surface area contributed by atoms with E-state index >= 15 is 0 Å². The van der Waals surface area contributed by atoms with Crippen molar-refractivity contribution in [3.8, 4) is 11.5 Å². The van der Waals surface area contributed by atoms with Gasteiger partial charge in [-0.25, -0.2) is 17.9 Å². The molecule has 2 aromatic rings. The summed E-state index contributed by atoms with van der Waals surface area (Å²) in [5.41, 5.74) is 0.692. The van der Waals surface area contributed by atoms with E-state index in [1.165, 1.54) is 39.5 Å². The van der Waals surface area contributed by atoms with Crippen LogP contribution in [0.5, 0.6) is 11.5 Å². The van der Waals surface area contributed by atoms with Gasteiger partial charge in [-0.2, -0.15) is 0 Å². The lowest BCUT2D eigenvalue weighted by atomic mass is 10.1. The Hall–Kier alpha value is -2.29. The minimum Gasteiger partial charge on any atom is -0.493 e. The zero-order valence-corrected chi connectivity index (χ0v) is 17.6. The SMILES string of the molecule is CCC(NS(=O)(=O)c1ccc(Cl)c(C(=O)OC)c1)c1ccc(OC)c(OC)c1. The van der Waals surface area contributed by atoms with E-state index in [1.807, 2.05) is 6.92 Å². The van der Waals surface area contributed by atoms with E-state index in [2.05, 4.69) is 9.46 Å². The van der Waals surface area contributed by atoms with Gasteiger partial charge in [-0.05, 0) is 42.3 Å². The van der Waals surface area contributed by atoms with Crippen LogP contribution in [-0.2, 0) is 14.8 Å². The molecule has 0 heterocycles. The number of ether oxygens (including phenoxy) is 3. The summed E-state index contributed by atoms with van der Waals surface area (Å²) < 4.78 is 43.5. The molecule has 0 amide bonds. The lowest BCUT2D eigenvalue weighted by molar-refractivity contribution is 0.0600. The maximum absolute atomic E-state index is 12.9. The zero-order chi connectivity index (χ0) is 20.9. The fraction of sp³-hybridized carbons (Fsp3) is 0.316. The van der Waals surface area contributed by atoms with E-state index in [4.69, 9.17) is 21.1 Å². The molecule has 1 atom stereocenters. The van der Waals surface area contributed by atoms with Crippen LogP contribution in [0.25, 0.3) is 0 Å². The number of hydrogen-bond acceptors (Lipinski definition) is 6. The maximum Gasteiger partial charge on any atom is 0.339 e. The Kier molecular flexibility index (Phi) is 7.29. The normalized spacial score (nSPS) is 12.3. The average Bonchev–Trinajstić information content (AvgIpc) is 2.71. The Labute approximate surface area is 169 Å². The first-order valence-corrected chi connectivity index (χ1v) is 10.3. The molecular formula is C19H22ClNO6S. The molecule has 0 fully saturated rings. The van der Waals surface area contributed by atoms with Gasteiger partial charge in [0.15, 0.2) is 11.5 Å². The van der Waals surface area contributed by atoms with Gasteiger partial charge in [-0.1, -0.05) is 24.6 Å². The first kappa shape index (κ1) is 22.0. The lowest BCUT2D eigenvalue weighted by Gasteiger charge is -2.19. The summed E-state index contributed by atoms with van der Waals surface area (Å²) in [5.74, 6) is 0.329. The smallest absolute Gasteiger partial charge is 0.339 e. The maximum atomic E-state index is 12.9. The Balaban J connectivity index is 2.38. The van der Waals surface area contributed by atoms with Crippen molar-refractivity contribution >= 4 is 27.6 Å². The number of methoxy groups -OCH3 is 3. The third-order valence-electron chi connectivity index (χ3n) is 4.17. The van der Waals surface area contributed by atoms with Crippen LogP contribution in [0.15, 0.2) is 41.3 Å². The Morgan fingerprint density at radius 2 is 1.75 bits per heavy atom. The van der Waals surface area contributed by atoms with Crippen LogP contribution in [0.3, 0.4) is 0 Å². The molecule has 0 spiro atoms. The third kappa shape index (κ3) is 4.76. The molecule has 0 saturated carbocycles. The highest BCUT2D eigenvalue weighted by molar-refractivity contribution is 7.89. The summed E-state index contributed by atoms with van der Waals surface area (Å²) in [5, 5.41) is 0.109. The molecule has 0 saturated heterocycles. The second kappa shape index (κ2) is 9.27. The predicted molar refractivity (Wildman–Crippen MR) is 106 cm³/mol. The van der Waals surface area contributed by atoms with Crippen molar-refractivity contribution in [1.82, 2.24) is 4.72 Å². The highest BCUT2D eigenvalue weighted by atomic mass is 35.5. The van der Waals surface area contributed by atoms with Crippen LogP contribution in [0, 0.1) is 0 Å². The van der Waals surface area contributed by atoms with E-state index in [0.29, 0.717) is 23.5 Å². The van der Waals surface area contributed by atoms with Gasteiger partial charge in [0.2, 0.25) is 10.0 Å². The first-order chi connectivity index (χ1) is 13.3. The molecule has 0 aromatic heterocycles. The van der Waals surface area contributed by atoms with Crippen LogP contribution >= 0.6 is 11.6 Å². The van der Waals surface area contributed by atoms with E-state index in [0.717, 1.165) is 0 Å². The van der Waals surface area contributed by atoms with Crippen molar-refractivity contribution in [2.75, 3.05) is 21.3 Å². The molecule has 7 nitrogen and oxygen atoms in total. The second-order valence-electron chi connectivity index (χ2n) is 5.83. The van der Waals surface area contributed by atoms with Crippen LogP contribution in [-0.4, -0.2) is 35.7 Å². The van der Waals surface area contributed by atoms with Crippen LogP contribution in [0.2, 0.25) is 5.02 Å². The molecule has 9 heteroatoms. The molecule has 1 N–H and O–H groups in total. The number of nitrogens with one attached hydrogen (secondary N) is 1. The largest absolute Gasteiger partial charge is 0.493 e. The van der Waals surface area contributed by atoms with Crippen LogP contribution < -0.4 is 14.2 Å². The number of carbonyl (C=O) groups is 1. The number of benzene rings is 2. The Morgan fingerprint density at radius 1 is 1.07 bits per heavy atom. The minimum atomic E-state index is -3.92. The van der Waals surface area contributed by atoms with Crippen molar-refractivity contribution in [1.29, 1.82) is 0 Å². The number of halogens is 1. The van der Waals surface area contributed by atoms with Crippen LogP contribution in [0.1, 0.15) is 35.3 Å². The molecule has 0 radical (unpaired) electrons. The molecular weight excluding hydrogens is 406 g/mol. The van der Waals surface area contributed by atoms with Crippen molar-refractivity contribution < 1.29 is 27.4 Å². The molecule has 0 bridgehead atoms. The van der Waals surface area contributed by atoms with Crippen molar-refractivity contribution in [3.63, 3.8) is 0 Å². The van der Waals surface area contributed by atoms with Gasteiger partial charge in [-0.3, -0.25) is 0 Å². The van der Waals surface area contributed by atoms with Crippen molar-refractivity contribution in [2.24, 2.45) is 0 Å². The topological polar surface area (TPSA) is 90.9 Å². The number of hydrogen-bond donors (Lipinski definition) is 1. The van der Waals surface area contributed by atoms with Gasteiger partial charge < -0.3 is 14.2 Å². The van der Waals surface area contributed by atoms with E-state index < -0.39 is 22.0 Å². The summed E-state index contributed by atoms with van der Waals surface area (Å²) in [6.45, 7) is 1.85. The van der Waals surface area contributed by atoms with Gasteiger partial charge in [0.1, 0.15) is 0 Å². The van der Waals surface area contributed by atoms with E-state index in [1.54, 1.807) is 18.2 Å². The van der Waals surface area contributed by atoms with Crippen molar-refractivity contribution in [3.05, 3.63) is 52.5 Å². The molecule has 28 heavy (non-hydrogen) atoms. The number of rotatable bonds is 8. The summed E-state index contributed by atoms with van der Waals surface area (Å²) in [4.78, 5) is 11.7. The number of sulfonamides is 1. The quantitative estimate of drug-likeness (QED) is 0.647. The molecule has 0 aliphatic carbocycles. The monoisotopic (exact) mass is 427 g/mol. The molecule has 2 aromatic carbocycles. The summed E-state index contributed by atoms with van der Waals surface area (Å²) in [6.07, 6.45) is 0.492. The average molecular weight is 428 g/mol. The fourth-order valence-electron chi connectivity index (χ4n) is 2.65. The molecule has 0 aliphatic rings. The van der Waals surface area contributed by atoms with Gasteiger partial charge in [-0.15, -0.1) is 0 Å². The third-order valence-corrected chi connectivity index (χ3v) is 5.97. The van der Waals surface area contributed by atoms with E-state index in [-0.39, 0.29) is 15.5 Å². The summed E-state index contributed by atoms with van der Waals surface area (Å²) >= 11 is 5.97. The van der Waals surface area contributed by atoms with Gasteiger partial charge in [0, 0.05) is 6.04 Å². The Morgan fingerprint density at radius 3 is 2.32 bits per heavy atom. The van der Waals surface area contributed by atoms with Gasteiger partial charge >= 0.3 is 5.97 Å². The number of esters is 1. The molecule has 0 aliphatic heterocycles. The first-order valence-electron chi connectivity index (χ1n) is 8.39. The van der Waals surface area contributed by atoms with Crippen molar-refractivity contribution in [2.45, 2.75) is 24.3 Å². The van der Waals surface area contributed by atoms with Gasteiger partial charge in [0.05, 0.1) is 36.8 Å². The van der Waals surface area contributed by atoms with Gasteiger partial charge in [0.25, 0.3) is 0 Å². The standard InChI is InChI=1S/C19H22ClNO6S/c1-5-16(12-6-9-17(25-2)18(10-12)26-3)21-28(23,24)13-7-8-15(20)14(11-13)19(22)27-4/h6-11,16,21H,5H2,1-4H3. The van der Waals surface area contributed by atoms with Crippen LogP contribution in [0.4, 0.5) is 0 Å². The molecule has 2 rings (SSSR count). The summed E-state index contributed by atoms with van der Waals surface area (Å²) in [7, 11) is 0.306. The molecule has 152 valence electrons. The predicted octanol–water partition coefficient (Wildman–Crippen LogP) is 3.57. The summed E-state index contributed by atoms with van der Waals surface area (Å²) in [6, 6.07) is 8.55. The highest BCUT2D eigenvalue weighted by Gasteiger charge is 2.23. The fourth-order valence-corrected chi connectivity index (χ4v) is 4.18. The van der Waals surface area contributed by atoms with E-state index in [9.17, 15) is 13.2 Å². The number of carbonyl (C=O) groups excluding carboxylic acids is 1. The minimum absolute atomic E-state index is 0.0220. The highest BCUT2D eigenvalue weighted by Crippen LogP contribution is 2.31.